The lowest BCUT2D eigenvalue weighted by atomic mass is 10.0. The highest BCUT2D eigenvalue weighted by molar-refractivity contribution is 7.92. The fourth-order valence-corrected chi connectivity index (χ4v) is 7.57. The monoisotopic (exact) mass is 657 g/mol. The van der Waals surface area contributed by atoms with Crippen LogP contribution in [-0.2, 0) is 32.6 Å². The van der Waals surface area contributed by atoms with Gasteiger partial charge in [0.15, 0.2) is 0 Å². The number of carbonyl (C=O) groups is 2. The normalized spacial score (nSPS) is 14.1. The lowest BCUT2D eigenvalue weighted by Crippen LogP contribution is -2.54. The molecule has 46 heavy (non-hydrogen) atoms. The molecule has 0 aromatic heterocycles. The predicted octanol–water partition coefficient (Wildman–Crippen LogP) is 6.85. The fourth-order valence-electron chi connectivity index (χ4n) is 5.91. The van der Waals surface area contributed by atoms with Gasteiger partial charge in [-0.3, -0.25) is 13.9 Å². The summed E-state index contributed by atoms with van der Waals surface area (Å²) in [6.07, 6.45) is 4.16. The molecular formula is C37H40ClN3O4S. The number of carbonyl (C=O) groups excluding carboxylic acids is 2. The molecule has 4 aromatic carbocycles. The van der Waals surface area contributed by atoms with E-state index in [9.17, 15) is 18.0 Å². The number of rotatable bonds is 12. The van der Waals surface area contributed by atoms with Crippen molar-refractivity contribution in [2.75, 3.05) is 10.8 Å². The van der Waals surface area contributed by atoms with E-state index in [1.54, 1.807) is 43.3 Å². The number of amides is 2. The van der Waals surface area contributed by atoms with Crippen molar-refractivity contribution in [3.63, 3.8) is 0 Å². The van der Waals surface area contributed by atoms with Gasteiger partial charge in [-0.2, -0.15) is 0 Å². The minimum atomic E-state index is -4.20. The first kappa shape index (κ1) is 33.2. The molecule has 9 heteroatoms. The maximum atomic E-state index is 14.7. The molecule has 5 rings (SSSR count). The van der Waals surface area contributed by atoms with Gasteiger partial charge in [-0.05, 0) is 67.6 Å². The molecule has 1 aliphatic rings. The Morgan fingerprint density at radius 1 is 0.826 bits per heavy atom. The Labute approximate surface area is 277 Å². The van der Waals surface area contributed by atoms with Gasteiger partial charge in [-0.25, -0.2) is 8.42 Å². The number of hydrogen-bond acceptors (Lipinski definition) is 4. The number of benzene rings is 4. The van der Waals surface area contributed by atoms with E-state index in [0.717, 1.165) is 46.7 Å². The highest BCUT2D eigenvalue weighted by atomic mass is 35.5. The Hall–Kier alpha value is -4.14. The van der Waals surface area contributed by atoms with Gasteiger partial charge in [-0.1, -0.05) is 109 Å². The first-order valence-electron chi connectivity index (χ1n) is 15.7. The molecule has 0 unspecified atom stereocenters. The lowest BCUT2D eigenvalue weighted by Gasteiger charge is -2.34. The Morgan fingerprint density at radius 3 is 2.11 bits per heavy atom. The third-order valence-corrected chi connectivity index (χ3v) is 10.7. The van der Waals surface area contributed by atoms with Crippen molar-refractivity contribution >= 4 is 39.1 Å². The van der Waals surface area contributed by atoms with Crippen LogP contribution in [0.1, 0.15) is 47.9 Å². The zero-order chi connectivity index (χ0) is 32.7. The first-order valence-corrected chi connectivity index (χ1v) is 17.5. The van der Waals surface area contributed by atoms with Crippen LogP contribution >= 0.6 is 11.6 Å². The van der Waals surface area contributed by atoms with E-state index >= 15 is 0 Å². The second-order valence-corrected chi connectivity index (χ2v) is 14.2. The Balaban J connectivity index is 1.58. The molecular weight excluding hydrogens is 618 g/mol. The van der Waals surface area contributed by atoms with Gasteiger partial charge in [0.05, 0.1) is 10.6 Å². The molecule has 0 heterocycles. The number of anilines is 1. The molecule has 0 aliphatic heterocycles. The fraction of sp³-hybridized carbons (Fsp3) is 0.297. The topological polar surface area (TPSA) is 86.8 Å². The van der Waals surface area contributed by atoms with Gasteiger partial charge >= 0.3 is 0 Å². The Morgan fingerprint density at radius 2 is 1.46 bits per heavy atom. The third-order valence-electron chi connectivity index (χ3n) is 8.56. The van der Waals surface area contributed by atoms with E-state index in [2.05, 4.69) is 5.32 Å². The molecule has 4 aromatic rings. The number of nitrogens with zero attached hydrogens (tertiary/aromatic N) is 2. The largest absolute Gasteiger partial charge is 0.352 e. The molecule has 240 valence electrons. The van der Waals surface area contributed by atoms with Gasteiger partial charge in [0.2, 0.25) is 11.8 Å². The summed E-state index contributed by atoms with van der Waals surface area (Å²) in [5.74, 6) is -0.741. The Bertz CT molecular complexity index is 1740. The summed E-state index contributed by atoms with van der Waals surface area (Å²) in [5, 5.41) is 3.59. The van der Waals surface area contributed by atoms with Crippen LogP contribution in [-0.4, -0.2) is 43.8 Å². The minimum Gasteiger partial charge on any atom is -0.352 e. The average molecular weight is 658 g/mol. The molecule has 0 bridgehead atoms. The van der Waals surface area contributed by atoms with Crippen molar-refractivity contribution < 1.29 is 18.0 Å². The standard InChI is InChI=1S/C37H40ClN3O4S/c1-27-20-22-30(23-21-27)25-40(35(24-29-12-5-3-6-13-29)37(43)39-31-14-9-10-15-31)36(42)26-41(34-19-11-18-33(38)28(34)2)46(44,45)32-16-7-4-8-17-32/h3-8,11-13,16-23,31,35H,9-10,14-15,24-26H2,1-2H3,(H,39,43)/t35-/m0/s1. The van der Waals surface area contributed by atoms with E-state index in [0.29, 0.717) is 16.3 Å². The number of nitrogens with one attached hydrogen (secondary N) is 1. The van der Waals surface area contributed by atoms with Crippen molar-refractivity contribution in [2.24, 2.45) is 0 Å². The summed E-state index contributed by atoms with van der Waals surface area (Å²) < 4.78 is 29.5. The van der Waals surface area contributed by atoms with Crippen molar-refractivity contribution in [2.45, 2.75) is 69.5 Å². The van der Waals surface area contributed by atoms with E-state index < -0.39 is 28.5 Å². The van der Waals surface area contributed by atoms with Crippen LogP contribution in [0, 0.1) is 13.8 Å². The molecule has 7 nitrogen and oxygen atoms in total. The van der Waals surface area contributed by atoms with Crippen molar-refractivity contribution in [3.8, 4) is 0 Å². The van der Waals surface area contributed by atoms with Crippen LogP contribution in [0.15, 0.2) is 108 Å². The summed E-state index contributed by atoms with van der Waals surface area (Å²) in [7, 11) is -4.20. The second kappa shape index (κ2) is 15.0. The zero-order valence-corrected chi connectivity index (χ0v) is 27.8. The molecule has 1 fully saturated rings. The Kier molecular flexibility index (Phi) is 10.8. The predicted molar refractivity (Wildman–Crippen MR) is 183 cm³/mol. The van der Waals surface area contributed by atoms with Crippen molar-refractivity contribution in [1.29, 1.82) is 0 Å². The highest BCUT2D eigenvalue weighted by Crippen LogP contribution is 2.31. The van der Waals surface area contributed by atoms with Crippen LogP contribution in [0.5, 0.6) is 0 Å². The smallest absolute Gasteiger partial charge is 0.264 e. The molecule has 2 amide bonds. The van der Waals surface area contributed by atoms with Crippen molar-refractivity contribution in [3.05, 3.63) is 130 Å². The van der Waals surface area contributed by atoms with Crippen LogP contribution in [0.25, 0.3) is 0 Å². The molecule has 1 saturated carbocycles. The number of hydrogen-bond donors (Lipinski definition) is 1. The number of halogens is 1. The quantitative estimate of drug-likeness (QED) is 0.181. The van der Waals surface area contributed by atoms with Crippen LogP contribution < -0.4 is 9.62 Å². The van der Waals surface area contributed by atoms with E-state index in [-0.39, 0.29) is 29.8 Å². The number of sulfonamides is 1. The first-order chi connectivity index (χ1) is 22.1. The molecule has 0 saturated heterocycles. The van der Waals surface area contributed by atoms with Crippen molar-refractivity contribution in [1.82, 2.24) is 10.2 Å². The molecule has 1 aliphatic carbocycles. The van der Waals surface area contributed by atoms with E-state index in [1.165, 1.54) is 17.0 Å². The minimum absolute atomic E-state index is 0.0474. The van der Waals surface area contributed by atoms with Gasteiger partial charge in [0.1, 0.15) is 12.6 Å². The van der Waals surface area contributed by atoms with Crippen LogP contribution in [0.4, 0.5) is 5.69 Å². The molecule has 0 radical (unpaired) electrons. The molecule has 1 atom stereocenters. The average Bonchev–Trinajstić information content (AvgIpc) is 3.57. The van der Waals surface area contributed by atoms with Crippen LogP contribution in [0.3, 0.4) is 0 Å². The maximum Gasteiger partial charge on any atom is 0.264 e. The summed E-state index contributed by atoms with van der Waals surface area (Å²) in [4.78, 5) is 30.4. The van der Waals surface area contributed by atoms with Crippen LogP contribution in [0.2, 0.25) is 5.02 Å². The maximum absolute atomic E-state index is 14.7. The van der Waals surface area contributed by atoms with E-state index in [1.807, 2.05) is 61.5 Å². The summed E-state index contributed by atoms with van der Waals surface area (Å²) in [6, 6.07) is 29.6. The second-order valence-electron chi connectivity index (χ2n) is 11.9. The summed E-state index contributed by atoms with van der Waals surface area (Å²) in [5.41, 5.74) is 3.63. The summed E-state index contributed by atoms with van der Waals surface area (Å²) in [6.45, 7) is 3.32. The third kappa shape index (κ3) is 7.98. The van der Waals surface area contributed by atoms with Gasteiger partial charge < -0.3 is 10.2 Å². The molecule has 0 spiro atoms. The highest BCUT2D eigenvalue weighted by Gasteiger charge is 2.36. The zero-order valence-electron chi connectivity index (χ0n) is 26.2. The summed E-state index contributed by atoms with van der Waals surface area (Å²) >= 11 is 6.47. The number of aryl methyl sites for hydroxylation is 1. The van der Waals surface area contributed by atoms with Gasteiger partial charge in [-0.15, -0.1) is 0 Å². The van der Waals surface area contributed by atoms with E-state index in [4.69, 9.17) is 11.6 Å². The van der Waals surface area contributed by atoms with Gasteiger partial charge in [0.25, 0.3) is 10.0 Å². The van der Waals surface area contributed by atoms with Gasteiger partial charge in [0, 0.05) is 24.0 Å². The SMILES string of the molecule is Cc1ccc(CN(C(=O)CN(c2cccc(Cl)c2C)S(=O)(=O)c2ccccc2)[C@@H](Cc2ccccc2)C(=O)NC2CCCC2)cc1. The lowest BCUT2D eigenvalue weighted by molar-refractivity contribution is -0.140. The molecule has 1 N–H and O–H groups in total.